The number of halogens is 2. The van der Waals surface area contributed by atoms with Crippen LogP contribution in [-0.2, 0) is 4.79 Å². The highest BCUT2D eigenvalue weighted by molar-refractivity contribution is 6.36. The van der Waals surface area contributed by atoms with Crippen molar-refractivity contribution in [3.8, 4) is 11.5 Å². The normalized spacial score (nSPS) is 11.1. The van der Waals surface area contributed by atoms with E-state index in [1.165, 1.54) is 109 Å². The molecule has 6 nitrogen and oxygen atoms in total. The number of hydrogen-bond donors (Lipinski definition) is 1. The summed E-state index contributed by atoms with van der Waals surface area (Å²) >= 11 is 12.0. The number of hydrazone groups is 1. The molecule has 0 spiro atoms. The predicted molar refractivity (Wildman–Crippen MR) is 170 cm³/mol. The standard InChI is InChI=1S/C33H46Cl2N2O4/c1-3-4-5-6-7-8-9-10-11-12-13-14-15-16-17-18-32(38)37-36-25-26-19-22-30(31(23-26)40-2)41-33(39)28-21-20-27(34)24-29(28)35/h19-25H,3-18H2,1-2H3,(H,37,38)/b36-25+. The number of benzene rings is 2. The van der Waals surface area contributed by atoms with Gasteiger partial charge in [-0.2, -0.15) is 5.10 Å². The van der Waals surface area contributed by atoms with Gasteiger partial charge < -0.3 is 9.47 Å². The van der Waals surface area contributed by atoms with Gasteiger partial charge in [-0.3, -0.25) is 4.79 Å². The Morgan fingerprint density at radius 3 is 1.93 bits per heavy atom. The summed E-state index contributed by atoms with van der Waals surface area (Å²) in [6, 6.07) is 9.51. The van der Waals surface area contributed by atoms with Gasteiger partial charge in [0.05, 0.1) is 23.9 Å². The van der Waals surface area contributed by atoms with Crippen LogP contribution in [0.15, 0.2) is 41.5 Å². The number of nitrogens with one attached hydrogen (secondary N) is 1. The molecule has 0 fully saturated rings. The Balaban J connectivity index is 1.58. The first-order valence-electron chi connectivity index (χ1n) is 15.1. The van der Waals surface area contributed by atoms with E-state index in [0.29, 0.717) is 22.8 Å². The van der Waals surface area contributed by atoms with Crippen LogP contribution in [0.5, 0.6) is 11.5 Å². The van der Waals surface area contributed by atoms with Crippen LogP contribution >= 0.6 is 23.2 Å². The Morgan fingerprint density at radius 1 is 0.780 bits per heavy atom. The summed E-state index contributed by atoms with van der Waals surface area (Å²) in [5.74, 6) is -0.153. The van der Waals surface area contributed by atoms with Crippen molar-refractivity contribution in [2.75, 3.05) is 7.11 Å². The van der Waals surface area contributed by atoms with Gasteiger partial charge in [-0.1, -0.05) is 120 Å². The number of rotatable bonds is 21. The maximum Gasteiger partial charge on any atom is 0.345 e. The minimum absolute atomic E-state index is 0.103. The van der Waals surface area contributed by atoms with Crippen molar-refractivity contribution in [2.24, 2.45) is 5.10 Å². The first-order valence-corrected chi connectivity index (χ1v) is 15.9. The van der Waals surface area contributed by atoms with E-state index in [-0.39, 0.29) is 22.2 Å². The maximum atomic E-state index is 12.5. The molecule has 2 rings (SSSR count). The monoisotopic (exact) mass is 604 g/mol. The Kier molecular flexibility index (Phi) is 17.9. The van der Waals surface area contributed by atoms with Crippen LogP contribution in [-0.4, -0.2) is 25.2 Å². The number of ether oxygens (including phenoxy) is 2. The fourth-order valence-electron chi connectivity index (χ4n) is 4.55. The van der Waals surface area contributed by atoms with Crippen LogP contribution < -0.4 is 14.9 Å². The second kappa shape index (κ2) is 21.2. The van der Waals surface area contributed by atoms with E-state index >= 15 is 0 Å². The second-order valence-corrected chi connectivity index (χ2v) is 11.3. The molecule has 0 saturated heterocycles. The number of carbonyl (C=O) groups excluding carboxylic acids is 2. The molecular formula is C33H46Cl2N2O4. The van der Waals surface area contributed by atoms with Gasteiger partial charge in [0.1, 0.15) is 0 Å². The number of nitrogens with zero attached hydrogens (tertiary/aromatic N) is 1. The molecule has 0 radical (unpaired) electrons. The highest BCUT2D eigenvalue weighted by Gasteiger charge is 2.16. The Bertz CT molecular complexity index is 1090. The highest BCUT2D eigenvalue weighted by Crippen LogP contribution is 2.30. The summed E-state index contributed by atoms with van der Waals surface area (Å²) in [6.07, 6.45) is 21.4. The average Bonchev–Trinajstić information content (AvgIpc) is 2.95. The largest absolute Gasteiger partial charge is 0.493 e. The van der Waals surface area contributed by atoms with Crippen LogP contribution in [0.25, 0.3) is 0 Å². The zero-order valence-electron chi connectivity index (χ0n) is 24.7. The zero-order chi connectivity index (χ0) is 29.7. The molecule has 0 saturated carbocycles. The lowest BCUT2D eigenvalue weighted by atomic mass is 10.0. The SMILES string of the molecule is CCCCCCCCCCCCCCCCCC(=O)N/N=C/c1ccc(OC(=O)c2ccc(Cl)cc2Cl)c(OC)c1. The first-order chi connectivity index (χ1) is 19.9. The highest BCUT2D eigenvalue weighted by atomic mass is 35.5. The Hall–Kier alpha value is -2.57. The number of amides is 1. The van der Waals surface area contributed by atoms with Crippen molar-refractivity contribution in [3.63, 3.8) is 0 Å². The van der Waals surface area contributed by atoms with Crippen molar-refractivity contribution in [3.05, 3.63) is 57.6 Å². The number of carbonyl (C=O) groups is 2. The van der Waals surface area contributed by atoms with Crippen molar-refractivity contribution in [2.45, 2.75) is 110 Å². The molecule has 226 valence electrons. The molecule has 1 N–H and O–H groups in total. The molecule has 2 aromatic rings. The Labute approximate surface area is 256 Å². The van der Waals surface area contributed by atoms with Gasteiger partial charge in [0.25, 0.3) is 0 Å². The summed E-state index contributed by atoms with van der Waals surface area (Å²) in [5.41, 5.74) is 3.45. The van der Waals surface area contributed by atoms with Gasteiger partial charge in [0.2, 0.25) is 5.91 Å². The molecule has 41 heavy (non-hydrogen) atoms. The van der Waals surface area contributed by atoms with Gasteiger partial charge in [0.15, 0.2) is 11.5 Å². The van der Waals surface area contributed by atoms with Crippen molar-refractivity contribution < 1.29 is 19.1 Å². The van der Waals surface area contributed by atoms with Crippen molar-refractivity contribution in [1.29, 1.82) is 0 Å². The molecule has 2 aromatic carbocycles. The molecule has 1 amide bonds. The fraction of sp³-hybridized carbons (Fsp3) is 0.545. The first kappa shape index (κ1) is 34.6. The molecule has 0 aromatic heterocycles. The third-order valence-electron chi connectivity index (χ3n) is 6.95. The van der Waals surface area contributed by atoms with Gasteiger partial charge in [-0.25, -0.2) is 10.2 Å². The van der Waals surface area contributed by atoms with Crippen LogP contribution in [0.4, 0.5) is 0 Å². The average molecular weight is 606 g/mol. The van der Waals surface area contributed by atoms with Gasteiger partial charge in [-0.05, 0) is 48.4 Å². The minimum Gasteiger partial charge on any atom is -0.493 e. The topological polar surface area (TPSA) is 77.0 Å². The summed E-state index contributed by atoms with van der Waals surface area (Å²) in [6.45, 7) is 2.27. The van der Waals surface area contributed by atoms with Crippen LogP contribution in [0.1, 0.15) is 126 Å². The number of hydrogen-bond acceptors (Lipinski definition) is 5. The predicted octanol–water partition coefficient (Wildman–Crippen LogP) is 9.93. The van der Waals surface area contributed by atoms with E-state index < -0.39 is 5.97 Å². The molecule has 0 unspecified atom stereocenters. The molecule has 8 heteroatoms. The van der Waals surface area contributed by atoms with E-state index in [9.17, 15) is 9.59 Å². The third-order valence-corrected chi connectivity index (χ3v) is 7.50. The van der Waals surface area contributed by atoms with Gasteiger partial charge in [-0.15, -0.1) is 0 Å². The Morgan fingerprint density at radius 2 is 1.37 bits per heavy atom. The van der Waals surface area contributed by atoms with Crippen LogP contribution in [0.3, 0.4) is 0 Å². The smallest absolute Gasteiger partial charge is 0.345 e. The van der Waals surface area contributed by atoms with E-state index in [1.54, 1.807) is 24.3 Å². The van der Waals surface area contributed by atoms with Crippen LogP contribution in [0, 0.1) is 0 Å². The maximum absolute atomic E-state index is 12.5. The molecular weight excluding hydrogens is 559 g/mol. The summed E-state index contributed by atoms with van der Waals surface area (Å²) in [5, 5.41) is 4.67. The quantitative estimate of drug-likeness (QED) is 0.0505. The summed E-state index contributed by atoms with van der Waals surface area (Å²) < 4.78 is 10.8. The lowest BCUT2D eigenvalue weighted by Gasteiger charge is -2.10. The lowest BCUT2D eigenvalue weighted by Crippen LogP contribution is -2.16. The number of esters is 1. The zero-order valence-corrected chi connectivity index (χ0v) is 26.2. The third kappa shape index (κ3) is 14.8. The van der Waals surface area contributed by atoms with Gasteiger partial charge >= 0.3 is 5.97 Å². The second-order valence-electron chi connectivity index (χ2n) is 10.4. The van der Waals surface area contributed by atoms with Crippen LogP contribution in [0.2, 0.25) is 10.0 Å². The molecule has 0 atom stereocenters. The van der Waals surface area contributed by atoms with Crippen molar-refractivity contribution in [1.82, 2.24) is 5.43 Å². The van der Waals surface area contributed by atoms with E-state index in [4.69, 9.17) is 32.7 Å². The van der Waals surface area contributed by atoms with Crippen molar-refractivity contribution >= 4 is 41.3 Å². The summed E-state index contributed by atoms with van der Waals surface area (Å²) in [7, 11) is 1.47. The fourth-order valence-corrected chi connectivity index (χ4v) is 5.04. The van der Waals surface area contributed by atoms with Gasteiger partial charge in [0, 0.05) is 11.4 Å². The lowest BCUT2D eigenvalue weighted by molar-refractivity contribution is -0.121. The number of unbranched alkanes of at least 4 members (excludes halogenated alkanes) is 14. The minimum atomic E-state index is -0.627. The van der Waals surface area contributed by atoms with E-state index in [2.05, 4.69) is 17.5 Å². The van der Waals surface area contributed by atoms with E-state index in [0.717, 1.165) is 12.8 Å². The molecule has 0 aliphatic rings. The van der Waals surface area contributed by atoms with E-state index in [1.807, 2.05) is 0 Å². The molecule has 0 aliphatic carbocycles. The molecule has 0 bridgehead atoms. The number of methoxy groups -OCH3 is 1. The summed E-state index contributed by atoms with van der Waals surface area (Å²) in [4.78, 5) is 24.6. The molecule has 0 heterocycles. The molecule has 0 aliphatic heterocycles.